The molecule has 7 heterocycles. The summed E-state index contributed by atoms with van der Waals surface area (Å²) in [7, 11) is 0. The van der Waals surface area contributed by atoms with Gasteiger partial charge in [0.05, 0.1) is 17.3 Å². The Morgan fingerprint density at radius 3 is 2.18 bits per heavy atom. The van der Waals surface area contributed by atoms with E-state index in [-0.39, 0.29) is 23.3 Å². The van der Waals surface area contributed by atoms with Gasteiger partial charge in [0.1, 0.15) is 17.3 Å². The number of halogens is 2. The van der Waals surface area contributed by atoms with Crippen molar-refractivity contribution in [1.82, 2.24) is 30.0 Å². The number of benzene rings is 2. The standard InChI is InChI=1S/C44H47F2N9O2/c45-33-25-37(42(46)39(26-33)53-17-1-2-18-53)38-29-55(50-43(38)31-11-15-47-16-12-31)35-6-4-34(5-7-35)52-23-21-51(22-24-52)28-30-13-19-54(20-14-30)40-9-3-32(27-48-40)36-8-10-41(56)49-44(36)57/h3-7,9,11-12,15-16,25-27,29-30,36H,1-2,8,10,13-14,17-24,28H2,(H,49,56,57)/t36-/m1/s1. The van der Waals surface area contributed by atoms with Crippen LogP contribution in [0.25, 0.3) is 28.1 Å². The molecular formula is C44H47F2N9O2. The normalized spacial score (nSPS) is 19.7. The van der Waals surface area contributed by atoms with Crippen molar-refractivity contribution < 1.29 is 18.4 Å². The van der Waals surface area contributed by atoms with E-state index in [2.05, 4.69) is 37.1 Å². The van der Waals surface area contributed by atoms with Gasteiger partial charge in [-0.05, 0) is 92.1 Å². The van der Waals surface area contributed by atoms with Crippen LogP contribution in [0.15, 0.2) is 85.5 Å². The highest BCUT2D eigenvalue weighted by atomic mass is 19.1. The van der Waals surface area contributed by atoms with Crippen LogP contribution in [-0.2, 0) is 9.59 Å². The molecule has 9 rings (SSSR count). The second kappa shape index (κ2) is 16.0. The van der Waals surface area contributed by atoms with Gasteiger partial charge in [0.2, 0.25) is 11.8 Å². The Kier molecular flexibility index (Phi) is 10.4. The van der Waals surface area contributed by atoms with Crippen molar-refractivity contribution in [3.8, 4) is 28.1 Å². The SMILES string of the molecule is O=C1CC[C@H](c2ccc(N3CCC(CN4CCN(c5ccc(-n6cc(-c7cc(F)cc(N8CCCC8)c7F)c(-c7ccncc7)n6)cc5)CC4)CC3)nc2)C(=O)N1. The Bertz CT molecular complexity index is 2210. The molecule has 294 valence electrons. The molecule has 2 amide bonds. The van der Waals surface area contributed by atoms with Gasteiger partial charge < -0.3 is 14.7 Å². The first-order valence-corrected chi connectivity index (χ1v) is 20.2. The van der Waals surface area contributed by atoms with Crippen LogP contribution < -0.4 is 20.0 Å². The molecule has 4 saturated heterocycles. The molecule has 0 bridgehead atoms. The highest BCUT2D eigenvalue weighted by molar-refractivity contribution is 6.00. The molecule has 3 aromatic heterocycles. The second-order valence-corrected chi connectivity index (χ2v) is 15.7. The summed E-state index contributed by atoms with van der Waals surface area (Å²) < 4.78 is 33.0. The van der Waals surface area contributed by atoms with Gasteiger partial charge in [0.15, 0.2) is 5.82 Å². The Labute approximate surface area is 331 Å². The molecule has 57 heavy (non-hydrogen) atoms. The fourth-order valence-corrected chi connectivity index (χ4v) is 8.90. The summed E-state index contributed by atoms with van der Waals surface area (Å²) in [5, 5.41) is 7.35. The van der Waals surface area contributed by atoms with Crippen molar-refractivity contribution in [3.05, 3.63) is 103 Å². The second-order valence-electron chi connectivity index (χ2n) is 15.7. The summed E-state index contributed by atoms with van der Waals surface area (Å²) in [5.74, 6) is -0.0651. The number of imide groups is 1. The smallest absolute Gasteiger partial charge is 0.234 e. The Morgan fingerprint density at radius 2 is 1.47 bits per heavy atom. The quantitative estimate of drug-likeness (QED) is 0.170. The number of pyridine rings is 2. The molecule has 0 radical (unpaired) electrons. The lowest BCUT2D eigenvalue weighted by molar-refractivity contribution is -0.134. The Balaban J connectivity index is 0.813. The van der Waals surface area contributed by atoms with Crippen LogP contribution in [0.3, 0.4) is 0 Å². The number of nitrogens with one attached hydrogen (secondary N) is 1. The number of nitrogens with zero attached hydrogens (tertiary/aromatic N) is 8. The van der Waals surface area contributed by atoms with E-state index in [0.717, 1.165) is 99.8 Å². The third-order valence-electron chi connectivity index (χ3n) is 12.1. The van der Waals surface area contributed by atoms with Gasteiger partial charge in [0, 0.05) is 119 Å². The first-order valence-electron chi connectivity index (χ1n) is 20.2. The Morgan fingerprint density at radius 1 is 0.737 bits per heavy atom. The summed E-state index contributed by atoms with van der Waals surface area (Å²) >= 11 is 0. The van der Waals surface area contributed by atoms with E-state index in [1.807, 2.05) is 41.3 Å². The summed E-state index contributed by atoms with van der Waals surface area (Å²) in [5.41, 5.74) is 5.22. The van der Waals surface area contributed by atoms with E-state index in [0.29, 0.717) is 48.8 Å². The van der Waals surface area contributed by atoms with Gasteiger partial charge >= 0.3 is 0 Å². The maximum atomic E-state index is 16.2. The van der Waals surface area contributed by atoms with E-state index in [1.165, 1.54) is 12.1 Å². The Hall–Kier alpha value is -5.69. The highest BCUT2D eigenvalue weighted by Gasteiger charge is 2.30. The number of hydrogen-bond donors (Lipinski definition) is 1. The molecule has 0 saturated carbocycles. The van der Waals surface area contributed by atoms with E-state index in [1.54, 1.807) is 29.5 Å². The number of rotatable bonds is 9. The van der Waals surface area contributed by atoms with Gasteiger partial charge in [-0.15, -0.1) is 0 Å². The summed E-state index contributed by atoms with van der Waals surface area (Å²) in [6.45, 7) is 8.32. The van der Waals surface area contributed by atoms with Crippen LogP contribution >= 0.6 is 0 Å². The van der Waals surface area contributed by atoms with Gasteiger partial charge in [-0.1, -0.05) is 6.07 Å². The predicted molar refractivity (Wildman–Crippen MR) is 217 cm³/mol. The molecule has 2 aromatic carbocycles. The number of anilines is 3. The monoisotopic (exact) mass is 771 g/mol. The summed E-state index contributed by atoms with van der Waals surface area (Å²) in [6.07, 6.45) is 12.0. The molecule has 11 nitrogen and oxygen atoms in total. The molecule has 5 aromatic rings. The topological polar surface area (TPSA) is 103 Å². The van der Waals surface area contributed by atoms with Crippen LogP contribution in [0.2, 0.25) is 0 Å². The lowest BCUT2D eigenvalue weighted by Crippen LogP contribution is -2.49. The van der Waals surface area contributed by atoms with Crippen LogP contribution in [-0.4, -0.2) is 95.4 Å². The van der Waals surface area contributed by atoms with E-state index < -0.39 is 11.6 Å². The first kappa shape index (κ1) is 36.9. The van der Waals surface area contributed by atoms with Crippen molar-refractivity contribution in [2.75, 3.05) is 73.6 Å². The number of aromatic nitrogens is 4. The summed E-state index contributed by atoms with van der Waals surface area (Å²) in [4.78, 5) is 41.9. The van der Waals surface area contributed by atoms with Gasteiger partial charge in [0.25, 0.3) is 0 Å². The fourth-order valence-electron chi connectivity index (χ4n) is 8.90. The molecule has 1 atom stereocenters. The fraction of sp³-hybridized carbons (Fsp3) is 0.386. The molecule has 4 aliphatic heterocycles. The minimum absolute atomic E-state index is 0.199. The molecule has 0 unspecified atom stereocenters. The van der Waals surface area contributed by atoms with E-state index in [4.69, 9.17) is 10.1 Å². The maximum Gasteiger partial charge on any atom is 0.234 e. The molecule has 4 aliphatic rings. The zero-order valence-corrected chi connectivity index (χ0v) is 32.0. The van der Waals surface area contributed by atoms with Crippen molar-refractivity contribution >= 4 is 29.0 Å². The number of piperidine rings is 2. The maximum absolute atomic E-state index is 16.2. The lowest BCUT2D eigenvalue weighted by Gasteiger charge is -2.40. The van der Waals surface area contributed by atoms with Crippen LogP contribution in [0.1, 0.15) is 50.0 Å². The molecule has 13 heteroatoms. The minimum Gasteiger partial charge on any atom is -0.369 e. The molecule has 0 spiro atoms. The van der Waals surface area contributed by atoms with Gasteiger partial charge in [-0.2, -0.15) is 5.10 Å². The van der Waals surface area contributed by atoms with Crippen LogP contribution in [0.5, 0.6) is 0 Å². The van der Waals surface area contributed by atoms with E-state index in [9.17, 15) is 9.59 Å². The summed E-state index contributed by atoms with van der Waals surface area (Å²) in [6, 6.07) is 18.6. The number of hydrogen-bond acceptors (Lipinski definition) is 9. The van der Waals surface area contributed by atoms with Gasteiger partial charge in [-0.25, -0.2) is 18.4 Å². The lowest BCUT2D eigenvalue weighted by atomic mass is 9.91. The largest absolute Gasteiger partial charge is 0.369 e. The number of carbonyl (C=O) groups is 2. The third kappa shape index (κ3) is 7.85. The molecule has 0 aliphatic carbocycles. The van der Waals surface area contributed by atoms with Crippen molar-refractivity contribution in [3.63, 3.8) is 0 Å². The van der Waals surface area contributed by atoms with Crippen LogP contribution in [0, 0.1) is 17.6 Å². The number of amides is 2. The molecular weight excluding hydrogens is 725 g/mol. The average molecular weight is 772 g/mol. The minimum atomic E-state index is -0.471. The zero-order chi connectivity index (χ0) is 38.9. The van der Waals surface area contributed by atoms with E-state index >= 15 is 8.78 Å². The highest BCUT2D eigenvalue weighted by Crippen LogP contribution is 2.38. The molecule has 1 N–H and O–H groups in total. The average Bonchev–Trinajstić information content (AvgIpc) is 3.95. The molecule has 4 fully saturated rings. The third-order valence-corrected chi connectivity index (χ3v) is 12.1. The van der Waals surface area contributed by atoms with Crippen molar-refractivity contribution in [2.45, 2.75) is 44.4 Å². The predicted octanol–water partition coefficient (Wildman–Crippen LogP) is 6.43. The van der Waals surface area contributed by atoms with Crippen molar-refractivity contribution in [1.29, 1.82) is 0 Å². The van der Waals surface area contributed by atoms with Gasteiger partial charge in [-0.3, -0.25) is 24.8 Å². The number of carbonyl (C=O) groups excluding carboxylic acids is 2. The first-order chi connectivity index (χ1) is 27.9. The number of piperazine rings is 1. The van der Waals surface area contributed by atoms with Crippen molar-refractivity contribution in [2.24, 2.45) is 5.92 Å². The zero-order valence-electron chi connectivity index (χ0n) is 32.0. The van der Waals surface area contributed by atoms with Crippen LogP contribution in [0.4, 0.5) is 26.0 Å².